The largest absolute Gasteiger partial charge is 0.459 e. The summed E-state index contributed by atoms with van der Waals surface area (Å²) in [5.41, 5.74) is -3.48. The topological polar surface area (TPSA) is 250 Å². The first kappa shape index (κ1) is 61.2. The number of ketones is 1. The van der Waals surface area contributed by atoms with Crippen LogP contribution in [0.25, 0.3) is 0 Å². The SMILES string of the molecule is CC[C@H]1OC(=O)[C@H](C)[C@@H](O[C@H]2C[C@@](C)(OC)[C@@H](OC(=O)NC(O)CCCCC(=O)NCCc3ccccc3)[C@H](C)O2)[C@H](C)[C@@H](O[C@@H]2O[C@H](C)C[C@H](N(C)C)[C@H]2O)[C@@](C)(OC)C[C@@H](C)C(=O)[C@H](C)[C@@H](O)[C@]1(C)O. The number of unbranched alkanes of at least 4 members (excludes halogenated alkanes) is 1. The van der Waals surface area contributed by atoms with Crippen LogP contribution in [0.4, 0.5) is 4.79 Å². The standard InChI is InChI=1S/C53H89N3O16/c1-15-38-53(10,64)45(61)32(4)42(59)30(2)28-51(8,65-13)46(71-49-43(60)37(56(11)12)27-31(3)67-49)33(5)44(34(6)48(62)69-38)70-41-29-52(9,66-14)47(35(7)68-41)72-50(63)55-40(58)24-20-19-23-39(57)54-26-25-36-21-17-16-18-22-36/h16-18,21-22,30-35,37-38,40-41,43-47,49,58,60-61,64H,15,19-20,23-29H2,1-14H3,(H,54,57)(H,55,63)/t30-,31-,32+,33+,34-,35+,37+,38-,40?,41+,43-,44+,45-,46-,47+,49+,51+,52-,53-/m1/s1. The average molecular weight is 1020 g/mol. The first-order chi connectivity index (χ1) is 33.7. The number of hydrogen-bond donors (Lipinski definition) is 6. The van der Waals surface area contributed by atoms with Crippen molar-refractivity contribution < 1.29 is 77.5 Å². The molecule has 0 radical (unpaired) electrons. The zero-order chi connectivity index (χ0) is 53.9. The predicted octanol–water partition coefficient (Wildman–Crippen LogP) is 4.41. The average Bonchev–Trinajstić information content (AvgIpc) is 3.33. The highest BCUT2D eigenvalue weighted by Gasteiger charge is 2.55. The van der Waals surface area contributed by atoms with Gasteiger partial charge in [0.05, 0.1) is 42.0 Å². The van der Waals surface area contributed by atoms with E-state index in [0.717, 1.165) is 12.0 Å². The van der Waals surface area contributed by atoms with E-state index in [0.29, 0.717) is 25.8 Å². The number of likely N-dealkylation sites (N-methyl/N-ethyl adjacent to an activating group) is 1. The third-order valence-corrected chi connectivity index (χ3v) is 15.5. The lowest BCUT2D eigenvalue weighted by atomic mass is 9.74. The molecule has 1 aromatic rings. The van der Waals surface area contributed by atoms with Crippen LogP contribution in [0.5, 0.6) is 0 Å². The monoisotopic (exact) mass is 1020 g/mol. The van der Waals surface area contributed by atoms with Crippen molar-refractivity contribution in [2.24, 2.45) is 23.7 Å². The number of carbonyl (C=O) groups is 4. The molecule has 0 bridgehead atoms. The van der Waals surface area contributed by atoms with Crippen molar-refractivity contribution in [3.8, 4) is 0 Å². The van der Waals surface area contributed by atoms with Gasteiger partial charge in [0.25, 0.3) is 0 Å². The molecule has 19 heteroatoms. The van der Waals surface area contributed by atoms with Gasteiger partial charge in [-0.15, -0.1) is 0 Å². The maximum absolute atomic E-state index is 14.5. The number of benzene rings is 1. The van der Waals surface area contributed by atoms with Crippen LogP contribution in [-0.2, 0) is 58.7 Å². The minimum Gasteiger partial charge on any atom is -0.459 e. The molecule has 19 nitrogen and oxygen atoms in total. The van der Waals surface area contributed by atoms with Crippen LogP contribution < -0.4 is 10.6 Å². The molecule has 19 atom stereocenters. The van der Waals surface area contributed by atoms with Crippen LogP contribution in [0.3, 0.4) is 0 Å². The number of nitrogens with one attached hydrogen (secondary N) is 2. The molecule has 412 valence electrons. The minimum absolute atomic E-state index is 0.0196. The number of aliphatic hydroxyl groups is 4. The Labute approximate surface area is 427 Å². The Bertz CT molecular complexity index is 1880. The Hall–Kier alpha value is -3.34. The van der Waals surface area contributed by atoms with Gasteiger partial charge >= 0.3 is 12.1 Å². The number of ether oxygens (including phenoxy) is 8. The molecule has 3 aliphatic heterocycles. The third-order valence-electron chi connectivity index (χ3n) is 15.5. The first-order valence-electron chi connectivity index (χ1n) is 25.9. The number of amides is 2. The second-order valence-electron chi connectivity index (χ2n) is 21.5. The lowest BCUT2D eigenvalue weighted by Gasteiger charge is -2.50. The van der Waals surface area contributed by atoms with Gasteiger partial charge in [-0.25, -0.2) is 4.79 Å². The summed E-state index contributed by atoms with van der Waals surface area (Å²) in [6.45, 7) is 17.3. The molecule has 1 aromatic carbocycles. The van der Waals surface area contributed by atoms with Crippen molar-refractivity contribution in [2.45, 2.75) is 218 Å². The lowest BCUT2D eigenvalue weighted by molar-refractivity contribution is -0.319. The summed E-state index contributed by atoms with van der Waals surface area (Å²) in [7, 11) is 6.66. The van der Waals surface area contributed by atoms with E-state index >= 15 is 0 Å². The fourth-order valence-electron chi connectivity index (χ4n) is 10.9. The molecule has 0 aliphatic carbocycles. The highest BCUT2D eigenvalue weighted by molar-refractivity contribution is 5.83. The Morgan fingerprint density at radius 2 is 1.53 bits per heavy atom. The van der Waals surface area contributed by atoms with Crippen LogP contribution in [-0.4, -0.2) is 174 Å². The summed E-state index contributed by atoms with van der Waals surface area (Å²) >= 11 is 0. The van der Waals surface area contributed by atoms with Crippen LogP contribution in [0.2, 0.25) is 0 Å². The zero-order valence-electron chi connectivity index (χ0n) is 45.3. The van der Waals surface area contributed by atoms with Crippen molar-refractivity contribution in [1.29, 1.82) is 0 Å². The molecule has 4 rings (SSSR count). The Balaban J connectivity index is 1.58. The first-order valence-corrected chi connectivity index (χ1v) is 25.9. The fourth-order valence-corrected chi connectivity index (χ4v) is 10.9. The summed E-state index contributed by atoms with van der Waals surface area (Å²) < 4.78 is 50.8. The number of rotatable bonds is 18. The molecule has 3 heterocycles. The van der Waals surface area contributed by atoms with Crippen LogP contribution in [0, 0.1) is 23.7 Å². The number of esters is 1. The number of methoxy groups -OCH3 is 2. The molecule has 0 aromatic heterocycles. The Morgan fingerprint density at radius 3 is 2.14 bits per heavy atom. The van der Waals surface area contributed by atoms with Crippen LogP contribution in [0.15, 0.2) is 30.3 Å². The number of cyclic esters (lactones) is 1. The van der Waals surface area contributed by atoms with Gasteiger partial charge in [0.2, 0.25) is 5.91 Å². The Morgan fingerprint density at radius 1 is 0.889 bits per heavy atom. The number of nitrogens with zero attached hydrogens (tertiary/aromatic N) is 1. The summed E-state index contributed by atoms with van der Waals surface area (Å²) in [4.78, 5) is 56.3. The second-order valence-corrected chi connectivity index (χ2v) is 21.5. The van der Waals surface area contributed by atoms with Crippen molar-refractivity contribution in [2.75, 3.05) is 34.9 Å². The maximum atomic E-state index is 14.5. The van der Waals surface area contributed by atoms with E-state index in [2.05, 4.69) is 10.6 Å². The van der Waals surface area contributed by atoms with Gasteiger partial charge in [-0.3, -0.25) is 19.7 Å². The van der Waals surface area contributed by atoms with Crippen molar-refractivity contribution in [1.82, 2.24) is 15.5 Å². The highest BCUT2D eigenvalue weighted by atomic mass is 16.7. The molecule has 2 amide bonds. The molecular formula is C53H89N3O16. The van der Waals surface area contributed by atoms with Crippen LogP contribution in [0.1, 0.15) is 126 Å². The highest BCUT2D eigenvalue weighted by Crippen LogP contribution is 2.42. The van der Waals surface area contributed by atoms with Gasteiger partial charge in [-0.1, -0.05) is 58.0 Å². The van der Waals surface area contributed by atoms with E-state index in [4.69, 9.17) is 37.9 Å². The molecule has 3 aliphatic rings. The molecule has 6 N–H and O–H groups in total. The van der Waals surface area contributed by atoms with Gasteiger partial charge in [-0.2, -0.15) is 0 Å². The van der Waals surface area contributed by atoms with E-state index in [9.17, 15) is 39.6 Å². The quantitative estimate of drug-likeness (QED) is 0.0677. The normalized spacial score (nSPS) is 38.8. The van der Waals surface area contributed by atoms with Gasteiger partial charge in [0.1, 0.15) is 35.4 Å². The van der Waals surface area contributed by atoms with Crippen molar-refractivity contribution >= 4 is 23.8 Å². The number of aliphatic hydroxyl groups excluding tert-OH is 3. The maximum Gasteiger partial charge on any atom is 0.409 e. The number of alkyl carbamates (subject to hydrolysis) is 1. The molecule has 72 heavy (non-hydrogen) atoms. The number of hydrogen-bond acceptors (Lipinski definition) is 17. The molecule has 0 saturated carbocycles. The van der Waals surface area contributed by atoms with E-state index < -0.39 is 114 Å². The lowest BCUT2D eigenvalue weighted by Crippen LogP contribution is -2.62. The fraction of sp³-hybridized carbons (Fsp3) is 0.811. The van der Waals surface area contributed by atoms with Crippen LogP contribution >= 0.6 is 0 Å². The third kappa shape index (κ3) is 15.6. The molecular weight excluding hydrogens is 935 g/mol. The zero-order valence-corrected chi connectivity index (χ0v) is 45.3. The molecule has 3 saturated heterocycles. The smallest absolute Gasteiger partial charge is 0.409 e. The van der Waals surface area contributed by atoms with Gasteiger partial charge in [0.15, 0.2) is 18.7 Å². The number of Topliss-reactive ketones (excluding diaryl/α,β-unsaturated/α-hetero) is 1. The number of carbonyl (C=O) groups excluding carboxylic acids is 4. The summed E-state index contributed by atoms with van der Waals surface area (Å²) in [6.07, 6.45) is -9.98. The van der Waals surface area contributed by atoms with Gasteiger partial charge in [-0.05, 0) is 106 Å². The summed E-state index contributed by atoms with van der Waals surface area (Å²) in [5, 5.41) is 51.3. The Kier molecular flexibility index (Phi) is 22.9. The van der Waals surface area contributed by atoms with Gasteiger partial charge < -0.3 is 68.5 Å². The van der Waals surface area contributed by atoms with E-state index in [1.807, 2.05) is 63.2 Å². The van der Waals surface area contributed by atoms with E-state index in [1.165, 1.54) is 28.1 Å². The minimum atomic E-state index is -2.03. The molecule has 1 unspecified atom stereocenters. The molecule has 3 fully saturated rings. The second kappa shape index (κ2) is 26.9. The molecule has 0 spiro atoms. The summed E-state index contributed by atoms with van der Waals surface area (Å²) in [5.74, 6) is -4.98. The van der Waals surface area contributed by atoms with Gasteiger partial charge in [0, 0.05) is 57.4 Å². The van der Waals surface area contributed by atoms with E-state index in [1.54, 1.807) is 41.5 Å². The predicted molar refractivity (Wildman–Crippen MR) is 266 cm³/mol. The van der Waals surface area contributed by atoms with Crippen molar-refractivity contribution in [3.63, 3.8) is 0 Å². The van der Waals surface area contributed by atoms with Crippen molar-refractivity contribution in [3.05, 3.63) is 35.9 Å². The summed E-state index contributed by atoms with van der Waals surface area (Å²) in [6, 6.07) is 9.52. The van der Waals surface area contributed by atoms with E-state index in [-0.39, 0.29) is 55.9 Å².